The average Bonchev–Trinajstić information content (AvgIpc) is 2.31. The van der Waals surface area contributed by atoms with Crippen molar-refractivity contribution in [3.63, 3.8) is 0 Å². The van der Waals surface area contributed by atoms with Gasteiger partial charge in [-0.15, -0.1) is 0 Å². The van der Waals surface area contributed by atoms with Gasteiger partial charge in [0.25, 0.3) is 5.91 Å². The van der Waals surface area contributed by atoms with E-state index < -0.39 is 17.5 Å². The molecular formula is C13H9ClF2N2O. The number of benzene rings is 2. The maximum atomic E-state index is 13.1. The van der Waals surface area contributed by atoms with Crippen LogP contribution in [0.5, 0.6) is 0 Å². The fourth-order valence-electron chi connectivity index (χ4n) is 1.53. The maximum Gasteiger partial charge on any atom is 0.255 e. The summed E-state index contributed by atoms with van der Waals surface area (Å²) >= 11 is 5.58. The number of rotatable bonds is 2. The van der Waals surface area contributed by atoms with Crippen molar-refractivity contribution in [2.24, 2.45) is 0 Å². The zero-order chi connectivity index (χ0) is 14.0. The smallest absolute Gasteiger partial charge is 0.255 e. The Balaban J connectivity index is 2.22. The Morgan fingerprint density at radius 3 is 2.53 bits per heavy atom. The molecule has 0 aliphatic rings. The average molecular weight is 283 g/mol. The summed E-state index contributed by atoms with van der Waals surface area (Å²) in [6, 6.07) is 7.21. The second-order valence-electron chi connectivity index (χ2n) is 3.86. The molecule has 0 aliphatic heterocycles. The van der Waals surface area contributed by atoms with Crippen LogP contribution in [-0.4, -0.2) is 5.91 Å². The molecule has 6 heteroatoms. The van der Waals surface area contributed by atoms with Crippen LogP contribution in [0.3, 0.4) is 0 Å². The maximum absolute atomic E-state index is 13.1. The van der Waals surface area contributed by atoms with E-state index in [-0.39, 0.29) is 22.0 Å². The monoisotopic (exact) mass is 282 g/mol. The van der Waals surface area contributed by atoms with E-state index in [0.29, 0.717) is 0 Å². The molecule has 0 saturated heterocycles. The van der Waals surface area contributed by atoms with Crippen LogP contribution in [0, 0.1) is 11.6 Å². The van der Waals surface area contributed by atoms with Crippen molar-refractivity contribution in [1.29, 1.82) is 0 Å². The lowest BCUT2D eigenvalue weighted by Crippen LogP contribution is -2.12. The molecule has 0 unspecified atom stereocenters. The van der Waals surface area contributed by atoms with Crippen LogP contribution in [0.25, 0.3) is 0 Å². The first-order valence-corrected chi connectivity index (χ1v) is 5.66. The van der Waals surface area contributed by atoms with Crippen molar-refractivity contribution in [3.05, 3.63) is 58.6 Å². The molecule has 3 N–H and O–H groups in total. The minimum Gasteiger partial charge on any atom is -0.399 e. The zero-order valence-corrected chi connectivity index (χ0v) is 10.3. The van der Waals surface area contributed by atoms with Gasteiger partial charge in [-0.05, 0) is 36.4 Å². The molecule has 1 amide bonds. The molecule has 2 aromatic rings. The number of carbonyl (C=O) groups excluding carboxylic acids is 1. The Morgan fingerprint density at radius 1 is 1.16 bits per heavy atom. The molecule has 98 valence electrons. The third-order valence-corrected chi connectivity index (χ3v) is 2.65. The first kappa shape index (κ1) is 13.3. The van der Waals surface area contributed by atoms with Gasteiger partial charge in [-0.1, -0.05) is 11.6 Å². The van der Waals surface area contributed by atoms with Gasteiger partial charge in [0.2, 0.25) is 0 Å². The van der Waals surface area contributed by atoms with Gasteiger partial charge < -0.3 is 11.1 Å². The number of hydrogen-bond donors (Lipinski definition) is 2. The first-order chi connectivity index (χ1) is 8.95. The van der Waals surface area contributed by atoms with E-state index in [4.69, 9.17) is 17.3 Å². The molecule has 2 aromatic carbocycles. The number of anilines is 2. The SMILES string of the molecule is Nc1cc(F)cc(NC(=O)c2ccc(F)c(Cl)c2)c1. The van der Waals surface area contributed by atoms with Crippen LogP contribution in [-0.2, 0) is 0 Å². The minimum absolute atomic E-state index is 0.161. The molecule has 0 heterocycles. The second kappa shape index (κ2) is 5.24. The van der Waals surface area contributed by atoms with Crippen molar-refractivity contribution in [2.45, 2.75) is 0 Å². The van der Waals surface area contributed by atoms with E-state index in [2.05, 4.69) is 5.32 Å². The summed E-state index contributed by atoms with van der Waals surface area (Å²) in [5.41, 5.74) is 6.02. The van der Waals surface area contributed by atoms with Crippen molar-refractivity contribution < 1.29 is 13.6 Å². The summed E-state index contributed by atoms with van der Waals surface area (Å²) in [7, 11) is 0. The first-order valence-electron chi connectivity index (χ1n) is 5.28. The lowest BCUT2D eigenvalue weighted by molar-refractivity contribution is 0.102. The van der Waals surface area contributed by atoms with Gasteiger partial charge in [-0.25, -0.2) is 8.78 Å². The van der Waals surface area contributed by atoms with Gasteiger partial charge in [0, 0.05) is 16.9 Å². The summed E-state index contributed by atoms with van der Waals surface area (Å²) in [5, 5.41) is 2.29. The molecular weight excluding hydrogens is 274 g/mol. The summed E-state index contributed by atoms with van der Waals surface area (Å²) in [6.07, 6.45) is 0. The molecule has 0 fully saturated rings. The van der Waals surface area contributed by atoms with Gasteiger partial charge in [0.15, 0.2) is 0 Å². The van der Waals surface area contributed by atoms with Crippen LogP contribution in [0.4, 0.5) is 20.2 Å². The second-order valence-corrected chi connectivity index (χ2v) is 4.26. The van der Waals surface area contributed by atoms with Crippen LogP contribution >= 0.6 is 11.6 Å². The number of nitrogens with two attached hydrogens (primary N) is 1. The molecule has 0 spiro atoms. The van der Waals surface area contributed by atoms with E-state index in [1.54, 1.807) is 0 Å². The van der Waals surface area contributed by atoms with E-state index in [0.717, 1.165) is 18.2 Å². The fourth-order valence-corrected chi connectivity index (χ4v) is 1.71. The van der Waals surface area contributed by atoms with E-state index >= 15 is 0 Å². The molecule has 0 aliphatic carbocycles. The molecule has 0 radical (unpaired) electrons. The van der Waals surface area contributed by atoms with Crippen molar-refractivity contribution >= 4 is 28.9 Å². The number of nitrogens with one attached hydrogen (secondary N) is 1. The lowest BCUT2D eigenvalue weighted by atomic mass is 10.2. The largest absolute Gasteiger partial charge is 0.399 e. The Labute approximate surface area is 113 Å². The van der Waals surface area contributed by atoms with E-state index in [1.165, 1.54) is 18.2 Å². The van der Waals surface area contributed by atoms with Gasteiger partial charge in [-0.3, -0.25) is 4.79 Å². The Bertz CT molecular complexity index is 626. The number of halogens is 3. The number of carbonyl (C=O) groups is 1. The van der Waals surface area contributed by atoms with Crippen LogP contribution < -0.4 is 11.1 Å². The Morgan fingerprint density at radius 2 is 1.89 bits per heavy atom. The summed E-state index contributed by atoms with van der Waals surface area (Å²) in [4.78, 5) is 11.8. The van der Waals surface area contributed by atoms with Crippen molar-refractivity contribution in [3.8, 4) is 0 Å². The third kappa shape index (κ3) is 3.20. The zero-order valence-electron chi connectivity index (χ0n) is 9.58. The van der Waals surface area contributed by atoms with Crippen molar-refractivity contribution in [1.82, 2.24) is 0 Å². The highest BCUT2D eigenvalue weighted by Gasteiger charge is 2.10. The summed E-state index contributed by atoms with van der Waals surface area (Å²) in [6.45, 7) is 0. The Hall–Kier alpha value is -2.14. The highest BCUT2D eigenvalue weighted by molar-refractivity contribution is 6.31. The predicted octanol–water partition coefficient (Wildman–Crippen LogP) is 3.45. The normalized spacial score (nSPS) is 10.3. The Kier molecular flexibility index (Phi) is 3.66. The van der Waals surface area contributed by atoms with Crippen molar-refractivity contribution in [2.75, 3.05) is 11.1 Å². The van der Waals surface area contributed by atoms with Gasteiger partial charge in [0.05, 0.1) is 5.02 Å². The molecule has 2 rings (SSSR count). The summed E-state index contributed by atoms with van der Waals surface area (Å²) in [5.74, 6) is -1.72. The van der Waals surface area contributed by atoms with Crippen LogP contribution in [0.2, 0.25) is 5.02 Å². The van der Waals surface area contributed by atoms with Gasteiger partial charge in [-0.2, -0.15) is 0 Å². The molecule has 0 bridgehead atoms. The predicted molar refractivity (Wildman–Crippen MR) is 70.2 cm³/mol. The van der Waals surface area contributed by atoms with Crippen LogP contribution in [0.15, 0.2) is 36.4 Å². The number of nitrogen functional groups attached to an aromatic ring is 1. The van der Waals surface area contributed by atoms with Crippen LogP contribution in [0.1, 0.15) is 10.4 Å². The van der Waals surface area contributed by atoms with Gasteiger partial charge in [0.1, 0.15) is 11.6 Å². The highest BCUT2D eigenvalue weighted by Crippen LogP contribution is 2.19. The number of hydrogen-bond acceptors (Lipinski definition) is 2. The molecule has 0 saturated carbocycles. The molecule has 3 nitrogen and oxygen atoms in total. The van der Waals surface area contributed by atoms with E-state index in [9.17, 15) is 13.6 Å². The highest BCUT2D eigenvalue weighted by atomic mass is 35.5. The lowest BCUT2D eigenvalue weighted by Gasteiger charge is -2.07. The fraction of sp³-hybridized carbons (Fsp3) is 0. The quantitative estimate of drug-likeness (QED) is 0.829. The van der Waals surface area contributed by atoms with E-state index in [1.807, 2.05) is 0 Å². The third-order valence-electron chi connectivity index (χ3n) is 2.36. The minimum atomic E-state index is -0.617. The standard InChI is InChI=1S/C13H9ClF2N2O/c14-11-3-7(1-2-12(11)16)13(19)18-10-5-8(15)4-9(17)6-10/h1-6H,17H2,(H,18,19). The molecule has 0 aromatic heterocycles. The summed E-state index contributed by atoms with van der Waals surface area (Å²) < 4.78 is 26.1. The number of amides is 1. The topological polar surface area (TPSA) is 55.1 Å². The van der Waals surface area contributed by atoms with Gasteiger partial charge >= 0.3 is 0 Å². The molecule has 0 atom stereocenters. The molecule has 19 heavy (non-hydrogen) atoms.